The summed E-state index contributed by atoms with van der Waals surface area (Å²) in [5, 5.41) is 9.19. The number of anilines is 1. The van der Waals surface area contributed by atoms with Gasteiger partial charge in [-0.05, 0) is 44.1 Å². The minimum absolute atomic E-state index is 0.382. The monoisotopic (exact) mass is 245 g/mol. The average molecular weight is 245 g/mol. The zero-order valence-electron chi connectivity index (χ0n) is 11.9. The van der Waals surface area contributed by atoms with E-state index >= 15 is 0 Å². The lowest BCUT2D eigenvalue weighted by molar-refractivity contribution is 0.183. The SMILES string of the molecule is Cc1c(C#N)c(N)n(C2CCCC(C)(C)C2)c1C. The first kappa shape index (κ1) is 13.0. The lowest BCUT2D eigenvalue weighted by atomic mass is 9.75. The Hall–Kier alpha value is -1.43. The van der Waals surface area contributed by atoms with Crippen LogP contribution < -0.4 is 5.73 Å². The van der Waals surface area contributed by atoms with Gasteiger partial charge in [0.1, 0.15) is 11.9 Å². The molecule has 2 N–H and O–H groups in total. The summed E-state index contributed by atoms with van der Waals surface area (Å²) >= 11 is 0. The summed E-state index contributed by atoms with van der Waals surface area (Å²) in [5.74, 6) is 0.662. The average Bonchev–Trinajstić information content (AvgIpc) is 2.49. The Labute approximate surface area is 110 Å². The summed E-state index contributed by atoms with van der Waals surface area (Å²) in [4.78, 5) is 0. The zero-order chi connectivity index (χ0) is 13.5. The molecule has 0 bridgehead atoms. The van der Waals surface area contributed by atoms with Crippen molar-refractivity contribution in [3.05, 3.63) is 16.8 Å². The highest BCUT2D eigenvalue weighted by Crippen LogP contribution is 2.43. The Bertz CT molecular complexity index is 503. The Morgan fingerprint density at radius 3 is 2.56 bits per heavy atom. The number of aromatic nitrogens is 1. The third-order valence-electron chi connectivity index (χ3n) is 4.45. The number of nitrogens with zero attached hydrogens (tertiary/aromatic N) is 2. The molecule has 0 aromatic carbocycles. The normalized spacial score (nSPS) is 22.7. The summed E-state index contributed by atoms with van der Waals surface area (Å²) in [6, 6.07) is 2.69. The number of nitrogen functional groups attached to an aromatic ring is 1. The molecule has 3 nitrogen and oxygen atoms in total. The van der Waals surface area contributed by atoms with E-state index in [1.807, 2.05) is 6.92 Å². The highest BCUT2D eigenvalue weighted by molar-refractivity contribution is 5.58. The second kappa shape index (κ2) is 4.35. The summed E-state index contributed by atoms with van der Waals surface area (Å²) in [6.07, 6.45) is 4.86. The van der Waals surface area contributed by atoms with Crippen LogP contribution in [0.2, 0.25) is 0 Å². The number of nitriles is 1. The minimum Gasteiger partial charge on any atom is -0.384 e. The predicted octanol–water partition coefficient (Wildman–Crippen LogP) is 3.70. The van der Waals surface area contributed by atoms with Gasteiger partial charge >= 0.3 is 0 Å². The summed E-state index contributed by atoms with van der Waals surface area (Å²) < 4.78 is 2.20. The highest BCUT2D eigenvalue weighted by atomic mass is 15.1. The van der Waals surface area contributed by atoms with E-state index < -0.39 is 0 Å². The van der Waals surface area contributed by atoms with Crippen LogP contribution >= 0.6 is 0 Å². The third kappa shape index (κ3) is 2.01. The van der Waals surface area contributed by atoms with Crippen LogP contribution in [0.5, 0.6) is 0 Å². The van der Waals surface area contributed by atoms with Crippen LogP contribution in [0.1, 0.15) is 62.4 Å². The smallest absolute Gasteiger partial charge is 0.122 e. The highest BCUT2D eigenvalue weighted by Gasteiger charge is 2.31. The molecule has 1 unspecified atom stereocenters. The molecule has 1 saturated carbocycles. The first-order valence-corrected chi connectivity index (χ1v) is 6.74. The van der Waals surface area contributed by atoms with Crippen LogP contribution in [0.3, 0.4) is 0 Å². The molecule has 3 heteroatoms. The molecule has 0 spiro atoms. The van der Waals surface area contributed by atoms with Gasteiger partial charge in [0, 0.05) is 11.7 Å². The Balaban J connectivity index is 2.43. The maximum atomic E-state index is 9.19. The Kier molecular flexibility index (Phi) is 3.14. The van der Waals surface area contributed by atoms with Crippen molar-refractivity contribution in [2.24, 2.45) is 5.41 Å². The molecule has 0 aliphatic heterocycles. The fourth-order valence-electron chi connectivity index (χ4n) is 3.35. The van der Waals surface area contributed by atoms with Crippen LogP contribution in [0, 0.1) is 30.6 Å². The number of nitrogens with two attached hydrogens (primary N) is 1. The third-order valence-corrected chi connectivity index (χ3v) is 4.45. The van der Waals surface area contributed by atoms with Gasteiger partial charge in [0.25, 0.3) is 0 Å². The second-order valence-electron chi connectivity index (χ2n) is 6.37. The van der Waals surface area contributed by atoms with Gasteiger partial charge in [0.15, 0.2) is 0 Å². The molecule has 1 heterocycles. The van der Waals surface area contributed by atoms with Crippen molar-refractivity contribution < 1.29 is 0 Å². The molecule has 98 valence electrons. The maximum absolute atomic E-state index is 9.19. The van der Waals surface area contributed by atoms with Crippen molar-refractivity contribution in [3.8, 4) is 6.07 Å². The quantitative estimate of drug-likeness (QED) is 0.820. The Morgan fingerprint density at radius 2 is 2.06 bits per heavy atom. The van der Waals surface area contributed by atoms with Crippen molar-refractivity contribution in [3.63, 3.8) is 0 Å². The van der Waals surface area contributed by atoms with Crippen LogP contribution in [-0.4, -0.2) is 4.57 Å². The van der Waals surface area contributed by atoms with Gasteiger partial charge in [0.2, 0.25) is 0 Å². The van der Waals surface area contributed by atoms with Gasteiger partial charge in [0.05, 0.1) is 5.56 Å². The largest absolute Gasteiger partial charge is 0.384 e. The number of hydrogen-bond acceptors (Lipinski definition) is 2. The minimum atomic E-state index is 0.382. The molecular formula is C15H23N3. The molecule has 1 aliphatic carbocycles. The van der Waals surface area contributed by atoms with Gasteiger partial charge < -0.3 is 10.3 Å². The van der Waals surface area contributed by atoms with Crippen molar-refractivity contribution >= 4 is 5.82 Å². The van der Waals surface area contributed by atoms with E-state index in [-0.39, 0.29) is 0 Å². The summed E-state index contributed by atoms with van der Waals surface area (Å²) in [7, 11) is 0. The van der Waals surface area contributed by atoms with E-state index in [2.05, 4.69) is 31.4 Å². The molecule has 0 saturated heterocycles. The first-order chi connectivity index (χ1) is 8.37. The van der Waals surface area contributed by atoms with Gasteiger partial charge in [-0.1, -0.05) is 20.3 Å². The van der Waals surface area contributed by atoms with E-state index in [1.165, 1.54) is 19.3 Å². The molecule has 1 aliphatic rings. The molecule has 0 radical (unpaired) electrons. The van der Waals surface area contributed by atoms with Gasteiger partial charge in [-0.15, -0.1) is 0 Å². The fourth-order valence-corrected chi connectivity index (χ4v) is 3.35. The number of rotatable bonds is 1. The van der Waals surface area contributed by atoms with Crippen LogP contribution in [-0.2, 0) is 0 Å². The molecule has 1 atom stereocenters. The van der Waals surface area contributed by atoms with Crippen molar-refractivity contribution in [1.82, 2.24) is 4.57 Å². The molecule has 1 aromatic rings. The predicted molar refractivity (Wildman–Crippen MR) is 74.3 cm³/mol. The Morgan fingerprint density at radius 1 is 1.39 bits per heavy atom. The standard InChI is InChI=1S/C15H23N3/c1-10-11(2)18(14(17)13(10)9-16)12-6-5-7-15(3,4)8-12/h12H,5-8,17H2,1-4H3. The second-order valence-corrected chi connectivity index (χ2v) is 6.37. The molecule has 18 heavy (non-hydrogen) atoms. The van der Waals surface area contributed by atoms with Crippen LogP contribution in [0.4, 0.5) is 5.82 Å². The summed E-state index contributed by atoms with van der Waals surface area (Å²) in [5.41, 5.74) is 9.42. The first-order valence-electron chi connectivity index (χ1n) is 6.74. The lowest BCUT2D eigenvalue weighted by Crippen LogP contribution is -2.26. The molecule has 1 aromatic heterocycles. The molecule has 0 amide bonds. The summed E-state index contributed by atoms with van der Waals surface area (Å²) in [6.45, 7) is 8.72. The fraction of sp³-hybridized carbons (Fsp3) is 0.667. The number of hydrogen-bond donors (Lipinski definition) is 1. The van der Waals surface area contributed by atoms with Crippen molar-refractivity contribution in [2.45, 2.75) is 59.4 Å². The van der Waals surface area contributed by atoms with Gasteiger partial charge in [-0.2, -0.15) is 5.26 Å². The van der Waals surface area contributed by atoms with Gasteiger partial charge in [-0.25, -0.2) is 0 Å². The van der Waals surface area contributed by atoms with Crippen molar-refractivity contribution in [2.75, 3.05) is 5.73 Å². The molecular weight excluding hydrogens is 222 g/mol. The van der Waals surface area contributed by atoms with Crippen LogP contribution in [0.15, 0.2) is 0 Å². The van der Waals surface area contributed by atoms with Crippen molar-refractivity contribution in [1.29, 1.82) is 5.26 Å². The van der Waals surface area contributed by atoms with Crippen LogP contribution in [0.25, 0.3) is 0 Å². The zero-order valence-corrected chi connectivity index (χ0v) is 11.9. The van der Waals surface area contributed by atoms with E-state index in [0.29, 0.717) is 22.8 Å². The topological polar surface area (TPSA) is 54.7 Å². The molecule has 1 fully saturated rings. The van der Waals surface area contributed by atoms with E-state index in [1.54, 1.807) is 0 Å². The van der Waals surface area contributed by atoms with E-state index in [0.717, 1.165) is 17.7 Å². The van der Waals surface area contributed by atoms with E-state index in [4.69, 9.17) is 5.73 Å². The van der Waals surface area contributed by atoms with Gasteiger partial charge in [-0.3, -0.25) is 0 Å². The van der Waals surface area contributed by atoms with E-state index in [9.17, 15) is 5.26 Å². The maximum Gasteiger partial charge on any atom is 0.122 e. The lowest BCUT2D eigenvalue weighted by Gasteiger charge is -2.37. The molecule has 2 rings (SSSR count).